The van der Waals surface area contributed by atoms with E-state index in [0.717, 1.165) is 10.8 Å². The Morgan fingerprint density at radius 3 is 2.27 bits per heavy atom. The minimum absolute atomic E-state index is 0.226. The Kier molecular flexibility index (Phi) is 4.89. The number of thioether (sulfide) groups is 4. The van der Waals surface area contributed by atoms with Gasteiger partial charge in [-0.25, -0.2) is 23.5 Å². The fourth-order valence-electron chi connectivity index (χ4n) is 3.81. The van der Waals surface area contributed by atoms with Gasteiger partial charge in [0.25, 0.3) is 0 Å². The third-order valence-corrected chi connectivity index (χ3v) is 10.5. The van der Waals surface area contributed by atoms with Gasteiger partial charge in [0.2, 0.25) is 0 Å². The predicted octanol–water partition coefficient (Wildman–Crippen LogP) is 4.70. The molecule has 4 heterocycles. The number of nitrogens with zero attached hydrogens (tertiary/aromatic N) is 3. The van der Waals surface area contributed by atoms with E-state index in [0.29, 0.717) is 5.69 Å². The molecular weight excluding hydrogens is 455 g/mol. The van der Waals surface area contributed by atoms with E-state index in [9.17, 15) is 9.59 Å². The van der Waals surface area contributed by atoms with E-state index in [4.69, 9.17) is 0 Å². The van der Waals surface area contributed by atoms with Crippen LogP contribution in [0.5, 0.6) is 0 Å². The maximum Gasteiger partial charge on any atom is 0.353 e. The van der Waals surface area contributed by atoms with Gasteiger partial charge in [-0.3, -0.25) is 0 Å². The fraction of sp³-hybridized carbons (Fsp3) is 0.0952. The Bertz CT molecular complexity index is 1210. The van der Waals surface area contributed by atoms with Crippen LogP contribution in [0.15, 0.2) is 70.2 Å². The summed E-state index contributed by atoms with van der Waals surface area (Å²) in [5.74, 6) is 1.000. The molecule has 1 aromatic heterocycles. The number of hydrogen-bond donors (Lipinski definition) is 0. The van der Waals surface area contributed by atoms with Crippen LogP contribution in [-0.2, 0) is 0 Å². The summed E-state index contributed by atoms with van der Waals surface area (Å²) in [6, 6.07) is 8.83. The summed E-state index contributed by atoms with van der Waals surface area (Å²) in [4.78, 5) is 28.1. The van der Waals surface area contributed by atoms with Crippen molar-refractivity contribution in [3.8, 4) is 5.69 Å². The van der Waals surface area contributed by atoms with Gasteiger partial charge in [-0.2, -0.15) is 0 Å². The van der Waals surface area contributed by atoms with Gasteiger partial charge in [-0.1, -0.05) is 65.2 Å². The molecule has 0 bridgehead atoms. The van der Waals surface area contributed by atoms with Gasteiger partial charge < -0.3 is 0 Å². The highest BCUT2D eigenvalue weighted by atomic mass is 32.2. The Hall–Kier alpha value is -1.42. The molecule has 0 spiro atoms. The van der Waals surface area contributed by atoms with Crippen molar-refractivity contribution in [1.82, 2.24) is 13.9 Å². The average molecular weight is 469 g/mol. The molecule has 4 aliphatic rings. The van der Waals surface area contributed by atoms with Crippen LogP contribution in [0.25, 0.3) is 5.69 Å². The van der Waals surface area contributed by atoms with Crippen LogP contribution >= 0.6 is 47.0 Å². The summed E-state index contributed by atoms with van der Waals surface area (Å²) in [5, 5.41) is 3.92. The minimum Gasteiger partial charge on any atom is -0.245 e. The van der Waals surface area contributed by atoms with Crippen LogP contribution in [0.1, 0.15) is 11.4 Å². The Morgan fingerprint density at radius 1 is 0.833 bits per heavy atom. The van der Waals surface area contributed by atoms with E-state index >= 15 is 0 Å². The van der Waals surface area contributed by atoms with Gasteiger partial charge in [0.05, 0.1) is 20.2 Å². The molecule has 0 amide bonds. The fourth-order valence-corrected chi connectivity index (χ4v) is 8.88. The van der Waals surface area contributed by atoms with Crippen molar-refractivity contribution < 1.29 is 0 Å². The zero-order valence-electron chi connectivity index (χ0n) is 15.4. The van der Waals surface area contributed by atoms with Crippen molar-refractivity contribution in [2.24, 2.45) is 0 Å². The molecule has 30 heavy (non-hydrogen) atoms. The van der Waals surface area contributed by atoms with Crippen molar-refractivity contribution in [3.63, 3.8) is 0 Å². The van der Waals surface area contributed by atoms with Crippen molar-refractivity contribution in [2.75, 3.05) is 0 Å². The molecule has 1 aliphatic carbocycles. The zero-order valence-corrected chi connectivity index (χ0v) is 18.6. The maximum atomic E-state index is 13.5. The van der Waals surface area contributed by atoms with Crippen LogP contribution in [0, 0.1) is 31.6 Å². The van der Waals surface area contributed by atoms with Gasteiger partial charge in [0.1, 0.15) is 5.37 Å². The zero-order chi connectivity index (χ0) is 20.2. The topological polar surface area (TPSA) is 48.9 Å². The van der Waals surface area contributed by atoms with Crippen LogP contribution < -0.4 is 11.4 Å². The first-order chi connectivity index (χ1) is 14.7. The molecule has 9 heteroatoms. The standard InChI is InChI=1S/C21H14N3O2S4/c25-20-22(14-8-2-1-3-9-14)21(26)24-17-16(29-19(30-17)18-27-10-11-28-18)12-15(23(20)24)13-6-4-5-7-13/h1-12,15,17H/t15-,17-/m1/s1. The van der Waals surface area contributed by atoms with E-state index in [1.54, 1.807) is 68.5 Å². The number of allylic oxidation sites excluding steroid dienone is 1. The minimum atomic E-state index is -0.314. The van der Waals surface area contributed by atoms with Gasteiger partial charge in [0.15, 0.2) is 0 Å². The van der Waals surface area contributed by atoms with Crippen LogP contribution in [0.4, 0.5) is 0 Å². The van der Waals surface area contributed by atoms with Gasteiger partial charge in [-0.15, -0.1) is 0 Å². The molecular formula is C21H14N3O2S4. The molecule has 5 radical (unpaired) electrons. The molecule has 2 fully saturated rings. The number of aromatic nitrogens is 3. The van der Waals surface area contributed by atoms with E-state index in [2.05, 4.69) is 16.9 Å². The Balaban J connectivity index is 1.54. The lowest BCUT2D eigenvalue weighted by molar-refractivity contribution is 0.412. The van der Waals surface area contributed by atoms with Crippen molar-refractivity contribution >= 4 is 47.0 Å². The first-order valence-electron chi connectivity index (χ1n) is 9.24. The molecule has 149 valence electrons. The summed E-state index contributed by atoms with van der Waals surface area (Å²) >= 11 is 6.77. The third-order valence-electron chi connectivity index (χ3n) is 5.10. The van der Waals surface area contributed by atoms with Crippen LogP contribution in [-0.4, -0.2) is 13.9 Å². The molecule has 1 aromatic carbocycles. The summed E-state index contributed by atoms with van der Waals surface area (Å²) in [7, 11) is 0. The normalized spacial score (nSPS) is 25.7. The number of rotatable bonds is 2. The number of benzene rings is 1. The smallest absolute Gasteiger partial charge is 0.245 e. The second-order valence-electron chi connectivity index (χ2n) is 6.81. The van der Waals surface area contributed by atoms with Gasteiger partial charge >= 0.3 is 11.4 Å². The lowest BCUT2D eigenvalue weighted by atomic mass is 9.97. The Morgan fingerprint density at radius 2 is 1.53 bits per heavy atom. The van der Waals surface area contributed by atoms with E-state index in [1.165, 1.54) is 13.0 Å². The van der Waals surface area contributed by atoms with Gasteiger partial charge in [-0.05, 0) is 54.7 Å². The molecule has 0 N–H and O–H groups in total. The quantitative estimate of drug-likeness (QED) is 0.637. The number of para-hydroxylation sites is 1. The van der Waals surface area contributed by atoms with E-state index in [1.807, 2.05) is 43.9 Å². The maximum absolute atomic E-state index is 13.5. The van der Waals surface area contributed by atoms with Crippen molar-refractivity contribution in [2.45, 2.75) is 11.4 Å². The predicted molar refractivity (Wildman–Crippen MR) is 127 cm³/mol. The van der Waals surface area contributed by atoms with Crippen molar-refractivity contribution in [3.05, 3.63) is 113 Å². The second-order valence-corrected chi connectivity index (χ2v) is 11.3. The highest BCUT2D eigenvalue weighted by Gasteiger charge is 2.42. The molecule has 2 aromatic rings. The molecule has 5 nitrogen and oxygen atoms in total. The average Bonchev–Trinajstić information content (AvgIpc) is 3.55. The number of hydrogen-bond acceptors (Lipinski definition) is 6. The molecule has 2 atom stereocenters. The summed E-state index contributed by atoms with van der Waals surface area (Å²) in [6.07, 6.45) is 10.1. The summed E-state index contributed by atoms with van der Waals surface area (Å²) < 4.78 is 6.96. The van der Waals surface area contributed by atoms with Crippen molar-refractivity contribution in [1.29, 1.82) is 0 Å². The summed E-state index contributed by atoms with van der Waals surface area (Å²) in [6.45, 7) is 0. The summed E-state index contributed by atoms with van der Waals surface area (Å²) in [5.41, 5.74) is -0.0294. The second kappa shape index (κ2) is 7.62. The monoisotopic (exact) mass is 468 g/mol. The number of fused-ring (bicyclic) bond motifs is 3. The molecule has 3 aliphatic heterocycles. The lowest BCUT2D eigenvalue weighted by Crippen LogP contribution is -2.37. The van der Waals surface area contributed by atoms with Crippen LogP contribution in [0.3, 0.4) is 0 Å². The largest absolute Gasteiger partial charge is 0.353 e. The van der Waals surface area contributed by atoms with Gasteiger partial charge in [0, 0.05) is 10.8 Å². The third kappa shape index (κ3) is 2.97. The molecule has 6 rings (SSSR count). The highest BCUT2D eigenvalue weighted by Crippen LogP contribution is 2.62. The van der Waals surface area contributed by atoms with E-state index < -0.39 is 0 Å². The van der Waals surface area contributed by atoms with Crippen LogP contribution in [0.2, 0.25) is 0 Å². The lowest BCUT2D eigenvalue weighted by Gasteiger charge is -2.29. The first kappa shape index (κ1) is 19.3. The molecule has 1 saturated carbocycles. The molecule has 0 unspecified atom stereocenters. The first-order valence-corrected chi connectivity index (χ1v) is 12.7. The SMILES string of the molecule is O=c1n(-c2ccccc2)c(=O)n2n1[C@@H]([C]1[CH][CH][CH][CH]1)C=C1SC(=C3SC=CS3)S[C@H]12. The van der Waals surface area contributed by atoms with E-state index in [-0.39, 0.29) is 22.8 Å². The highest BCUT2D eigenvalue weighted by molar-refractivity contribution is 8.33. The molecule has 1 saturated heterocycles. The Labute approximate surface area is 190 Å².